The van der Waals surface area contributed by atoms with Gasteiger partial charge in [-0.3, -0.25) is 20.4 Å². The van der Waals surface area contributed by atoms with Crippen molar-refractivity contribution < 1.29 is 9.59 Å². The lowest BCUT2D eigenvalue weighted by atomic mass is 10.2. The number of thiophene rings is 1. The first-order chi connectivity index (χ1) is 11.1. The van der Waals surface area contributed by atoms with Crippen molar-refractivity contribution in [1.82, 2.24) is 15.8 Å². The second-order valence-corrected chi connectivity index (χ2v) is 7.74. The highest BCUT2D eigenvalue weighted by atomic mass is 79.9. The van der Waals surface area contributed by atoms with Gasteiger partial charge in [0, 0.05) is 10.9 Å². The van der Waals surface area contributed by atoms with Crippen molar-refractivity contribution in [3.8, 4) is 10.6 Å². The molecule has 2 heterocycles. The number of nitrogens with one attached hydrogen (secondary N) is 2. The number of carbonyl (C=O) groups is 2. The monoisotopic (exact) mass is 407 g/mol. The van der Waals surface area contributed by atoms with Gasteiger partial charge in [-0.05, 0) is 28.1 Å². The Morgan fingerprint density at radius 3 is 2.43 bits per heavy atom. The molecule has 8 heteroatoms. The van der Waals surface area contributed by atoms with Gasteiger partial charge in [-0.15, -0.1) is 22.7 Å². The van der Waals surface area contributed by atoms with Gasteiger partial charge in [0.15, 0.2) is 0 Å². The Balaban J connectivity index is 1.63. The molecule has 0 aliphatic heterocycles. The quantitative estimate of drug-likeness (QED) is 0.650. The average molecular weight is 408 g/mol. The summed E-state index contributed by atoms with van der Waals surface area (Å²) in [6.45, 7) is 0. The van der Waals surface area contributed by atoms with E-state index in [4.69, 9.17) is 0 Å². The van der Waals surface area contributed by atoms with E-state index < -0.39 is 5.91 Å². The highest BCUT2D eigenvalue weighted by Crippen LogP contribution is 2.23. The first kappa shape index (κ1) is 15.9. The summed E-state index contributed by atoms with van der Waals surface area (Å²) in [5.41, 5.74) is 5.96. The first-order valence-corrected chi connectivity index (χ1v) is 8.99. The number of halogens is 1. The summed E-state index contributed by atoms with van der Waals surface area (Å²) in [7, 11) is 0. The molecule has 3 rings (SSSR count). The summed E-state index contributed by atoms with van der Waals surface area (Å²) in [6.07, 6.45) is 0. The maximum atomic E-state index is 12.0. The fourth-order valence-electron chi connectivity index (χ4n) is 1.77. The number of hydrazine groups is 1. The van der Waals surface area contributed by atoms with Crippen molar-refractivity contribution in [1.29, 1.82) is 0 Å². The molecule has 0 aliphatic carbocycles. The molecule has 5 nitrogen and oxygen atoms in total. The molecular weight excluding hydrogens is 398 g/mol. The van der Waals surface area contributed by atoms with Crippen LogP contribution in [-0.4, -0.2) is 16.8 Å². The van der Waals surface area contributed by atoms with Crippen molar-refractivity contribution in [3.05, 3.63) is 62.2 Å². The summed E-state index contributed by atoms with van der Waals surface area (Å²) < 4.78 is 0.848. The van der Waals surface area contributed by atoms with Gasteiger partial charge < -0.3 is 0 Å². The van der Waals surface area contributed by atoms with Gasteiger partial charge in [0.1, 0.15) is 10.7 Å². The van der Waals surface area contributed by atoms with Crippen molar-refractivity contribution in [2.75, 3.05) is 0 Å². The summed E-state index contributed by atoms with van der Waals surface area (Å²) in [6, 6.07) is 13.0. The lowest BCUT2D eigenvalue weighted by Crippen LogP contribution is -2.41. The summed E-state index contributed by atoms with van der Waals surface area (Å²) in [4.78, 5) is 28.7. The number of hydrogen-bond acceptors (Lipinski definition) is 5. The molecule has 0 radical (unpaired) electrons. The molecule has 0 spiro atoms. The van der Waals surface area contributed by atoms with Crippen LogP contribution in [0.25, 0.3) is 10.6 Å². The van der Waals surface area contributed by atoms with Gasteiger partial charge in [-0.25, -0.2) is 4.98 Å². The molecule has 0 bridgehead atoms. The molecule has 2 N–H and O–H groups in total. The molecule has 0 aliphatic rings. The SMILES string of the molecule is O=C(NNC(=O)c1ccc(Br)s1)c1csc(-c2ccccc2)n1. The summed E-state index contributed by atoms with van der Waals surface area (Å²) in [5, 5.41) is 2.41. The summed E-state index contributed by atoms with van der Waals surface area (Å²) in [5.74, 6) is -0.819. The third-order valence-corrected chi connectivity index (χ3v) is 5.36. The molecule has 0 atom stereocenters. The van der Waals surface area contributed by atoms with E-state index in [0.717, 1.165) is 14.4 Å². The van der Waals surface area contributed by atoms with Crippen LogP contribution in [0.3, 0.4) is 0 Å². The second-order valence-electron chi connectivity index (χ2n) is 4.42. The molecule has 0 saturated heterocycles. The predicted molar refractivity (Wildman–Crippen MR) is 94.5 cm³/mol. The van der Waals surface area contributed by atoms with Crippen molar-refractivity contribution in [3.63, 3.8) is 0 Å². The van der Waals surface area contributed by atoms with Crippen LogP contribution in [-0.2, 0) is 0 Å². The Bertz CT molecular complexity index is 845. The zero-order valence-corrected chi connectivity index (χ0v) is 14.8. The molecular formula is C15H10BrN3O2S2. The molecule has 1 aromatic carbocycles. The molecule has 2 amide bonds. The van der Waals surface area contributed by atoms with Crippen LogP contribution in [0.5, 0.6) is 0 Å². The molecule has 0 saturated carbocycles. The number of nitrogens with zero attached hydrogens (tertiary/aromatic N) is 1. The van der Waals surface area contributed by atoms with E-state index in [9.17, 15) is 9.59 Å². The number of hydrogen-bond donors (Lipinski definition) is 2. The van der Waals surface area contributed by atoms with Gasteiger partial charge in [-0.2, -0.15) is 0 Å². The fourth-order valence-corrected chi connectivity index (χ4v) is 3.85. The largest absolute Gasteiger partial charge is 0.289 e. The summed E-state index contributed by atoms with van der Waals surface area (Å²) >= 11 is 5.95. The minimum Gasteiger partial charge on any atom is -0.266 e. The van der Waals surface area contributed by atoms with E-state index in [1.54, 1.807) is 17.5 Å². The number of benzene rings is 1. The molecule has 23 heavy (non-hydrogen) atoms. The number of thiazole rings is 1. The van der Waals surface area contributed by atoms with Crippen LogP contribution < -0.4 is 10.9 Å². The minimum absolute atomic E-state index is 0.265. The molecule has 0 unspecified atom stereocenters. The lowest BCUT2D eigenvalue weighted by Gasteiger charge is -2.04. The fraction of sp³-hybridized carbons (Fsp3) is 0. The van der Waals surface area contributed by atoms with Gasteiger partial charge >= 0.3 is 0 Å². The number of carbonyl (C=O) groups excluding carboxylic acids is 2. The van der Waals surface area contributed by atoms with Crippen molar-refractivity contribution in [2.45, 2.75) is 0 Å². The third-order valence-electron chi connectivity index (χ3n) is 2.84. The van der Waals surface area contributed by atoms with E-state index in [2.05, 4.69) is 31.8 Å². The zero-order chi connectivity index (χ0) is 16.2. The second kappa shape index (κ2) is 7.03. The Hall–Kier alpha value is -2.03. The average Bonchev–Trinajstić information content (AvgIpc) is 3.22. The maximum absolute atomic E-state index is 12.0. The highest BCUT2D eigenvalue weighted by molar-refractivity contribution is 9.11. The molecule has 0 fully saturated rings. The topological polar surface area (TPSA) is 71.1 Å². The zero-order valence-electron chi connectivity index (χ0n) is 11.6. The highest BCUT2D eigenvalue weighted by Gasteiger charge is 2.14. The lowest BCUT2D eigenvalue weighted by molar-refractivity contribution is 0.0846. The van der Waals surface area contributed by atoms with E-state index in [-0.39, 0.29) is 11.6 Å². The van der Waals surface area contributed by atoms with Crippen LogP contribution in [0.2, 0.25) is 0 Å². The Morgan fingerprint density at radius 1 is 1.00 bits per heavy atom. The van der Waals surface area contributed by atoms with Crippen LogP contribution in [0.15, 0.2) is 51.6 Å². The van der Waals surface area contributed by atoms with Crippen LogP contribution in [0.4, 0.5) is 0 Å². The van der Waals surface area contributed by atoms with Crippen LogP contribution in [0, 0.1) is 0 Å². The third kappa shape index (κ3) is 3.84. The Labute approximate surface area is 148 Å². The van der Waals surface area contributed by atoms with Gasteiger partial charge in [0.05, 0.1) is 8.66 Å². The molecule has 116 valence electrons. The van der Waals surface area contributed by atoms with E-state index in [1.165, 1.54) is 22.7 Å². The Kier molecular flexibility index (Phi) is 4.85. The van der Waals surface area contributed by atoms with Crippen molar-refractivity contribution >= 4 is 50.4 Å². The smallest absolute Gasteiger partial charge is 0.266 e. The molecule has 2 aromatic heterocycles. The maximum Gasteiger partial charge on any atom is 0.289 e. The molecule has 3 aromatic rings. The van der Waals surface area contributed by atoms with Crippen molar-refractivity contribution in [2.24, 2.45) is 0 Å². The number of rotatable bonds is 3. The van der Waals surface area contributed by atoms with Gasteiger partial charge in [-0.1, -0.05) is 30.3 Å². The number of amides is 2. The van der Waals surface area contributed by atoms with Crippen LogP contribution >= 0.6 is 38.6 Å². The standard InChI is InChI=1S/C15H10BrN3O2S2/c16-12-7-6-11(23-12)14(21)19-18-13(20)10-8-22-15(17-10)9-4-2-1-3-5-9/h1-8H,(H,18,20)(H,19,21). The van der Waals surface area contributed by atoms with E-state index in [0.29, 0.717) is 4.88 Å². The van der Waals surface area contributed by atoms with Gasteiger partial charge in [0.2, 0.25) is 0 Å². The first-order valence-electron chi connectivity index (χ1n) is 6.50. The normalized spacial score (nSPS) is 10.3. The predicted octanol–water partition coefficient (Wildman–Crippen LogP) is 3.71. The van der Waals surface area contributed by atoms with Crippen LogP contribution in [0.1, 0.15) is 20.2 Å². The van der Waals surface area contributed by atoms with E-state index >= 15 is 0 Å². The van der Waals surface area contributed by atoms with Gasteiger partial charge in [0.25, 0.3) is 11.8 Å². The Morgan fingerprint density at radius 2 is 1.74 bits per heavy atom. The minimum atomic E-state index is -0.451. The van der Waals surface area contributed by atoms with E-state index in [1.807, 2.05) is 30.3 Å². The number of aromatic nitrogens is 1.